The number of nitrogens with zero attached hydrogens (tertiary/aromatic N) is 2. The van der Waals surface area contributed by atoms with Crippen LogP contribution >= 0.6 is 11.6 Å². The highest BCUT2D eigenvalue weighted by molar-refractivity contribution is 6.33. The molecule has 2 rings (SSSR count). The molecule has 0 aliphatic heterocycles. The summed E-state index contributed by atoms with van der Waals surface area (Å²) in [4.78, 5) is 49.7. The lowest BCUT2D eigenvalue weighted by Gasteiger charge is -2.23. The fraction of sp³-hybridized carbons (Fsp3) is 0.333. The third-order valence-corrected chi connectivity index (χ3v) is 4.75. The molecule has 33 heavy (non-hydrogen) atoms. The largest absolute Gasteiger partial charge is 0.459 e. The van der Waals surface area contributed by atoms with Gasteiger partial charge in [0.1, 0.15) is 12.4 Å². The number of aromatic nitrogens is 2. The minimum absolute atomic E-state index is 0.139. The molecule has 0 saturated heterocycles. The van der Waals surface area contributed by atoms with E-state index >= 15 is 0 Å². The zero-order valence-electron chi connectivity index (χ0n) is 18.1. The van der Waals surface area contributed by atoms with Gasteiger partial charge in [-0.25, -0.2) is 32.1 Å². The van der Waals surface area contributed by atoms with Gasteiger partial charge < -0.3 is 9.47 Å². The van der Waals surface area contributed by atoms with E-state index in [9.17, 15) is 32.3 Å². The first kappa shape index (κ1) is 25.9. The van der Waals surface area contributed by atoms with Gasteiger partial charge in [-0.3, -0.25) is 9.36 Å². The van der Waals surface area contributed by atoms with Gasteiger partial charge in [0.15, 0.2) is 0 Å². The van der Waals surface area contributed by atoms with Gasteiger partial charge in [0.2, 0.25) is 5.60 Å². The molecule has 0 saturated carbocycles. The van der Waals surface area contributed by atoms with Crippen LogP contribution in [0.5, 0.6) is 0 Å². The van der Waals surface area contributed by atoms with Gasteiger partial charge in [0, 0.05) is 20.0 Å². The Labute approximate surface area is 190 Å². The summed E-state index contributed by atoms with van der Waals surface area (Å²) in [6.07, 6.45) is 1.30. The number of halogens is 4. The van der Waals surface area contributed by atoms with Crippen LogP contribution < -0.4 is 11.2 Å². The van der Waals surface area contributed by atoms with Crippen molar-refractivity contribution < 1.29 is 32.2 Å². The minimum Gasteiger partial charge on any atom is -0.459 e. The van der Waals surface area contributed by atoms with E-state index in [-0.39, 0.29) is 11.2 Å². The Kier molecular flexibility index (Phi) is 7.27. The number of carbonyl (C=O) groups is 2. The number of ether oxygens (including phenoxy) is 2. The molecule has 0 bridgehead atoms. The van der Waals surface area contributed by atoms with Crippen molar-refractivity contribution in [3.8, 4) is 5.69 Å². The second-order valence-electron chi connectivity index (χ2n) is 7.50. The predicted molar refractivity (Wildman–Crippen MR) is 112 cm³/mol. The van der Waals surface area contributed by atoms with E-state index in [1.807, 2.05) is 0 Å². The number of rotatable bonds is 7. The second kappa shape index (κ2) is 9.26. The first-order chi connectivity index (χ1) is 15.1. The maximum atomic E-state index is 14.6. The van der Waals surface area contributed by atoms with Crippen molar-refractivity contribution in [2.75, 3.05) is 6.61 Å². The van der Waals surface area contributed by atoms with Gasteiger partial charge >= 0.3 is 17.6 Å². The first-order valence-electron chi connectivity index (χ1n) is 9.34. The SMILES string of the molecule is C=CCOC(=O)C(C)(C)OC(=O)c1cc(-n2c(=O)cc(C(C)(F)F)n(C)c2=O)c(F)cc1Cl. The highest BCUT2D eigenvalue weighted by Gasteiger charge is 2.35. The van der Waals surface area contributed by atoms with Crippen LogP contribution in [0.4, 0.5) is 13.2 Å². The monoisotopic (exact) mass is 488 g/mol. The Balaban J connectivity index is 2.59. The van der Waals surface area contributed by atoms with Crippen molar-refractivity contribution in [2.24, 2.45) is 7.05 Å². The Morgan fingerprint density at radius 1 is 1.18 bits per heavy atom. The Bertz CT molecular complexity index is 1240. The van der Waals surface area contributed by atoms with Crippen molar-refractivity contribution >= 4 is 23.5 Å². The van der Waals surface area contributed by atoms with Crippen LogP contribution in [-0.4, -0.2) is 33.3 Å². The highest BCUT2D eigenvalue weighted by atomic mass is 35.5. The minimum atomic E-state index is -3.52. The van der Waals surface area contributed by atoms with Crippen LogP contribution in [0.1, 0.15) is 36.8 Å². The van der Waals surface area contributed by atoms with Crippen LogP contribution in [0.2, 0.25) is 5.02 Å². The van der Waals surface area contributed by atoms with E-state index in [2.05, 4.69) is 6.58 Å². The molecule has 0 aliphatic carbocycles. The van der Waals surface area contributed by atoms with Gasteiger partial charge in [-0.1, -0.05) is 24.3 Å². The zero-order valence-corrected chi connectivity index (χ0v) is 18.8. The molecule has 2 aromatic rings. The van der Waals surface area contributed by atoms with E-state index in [0.717, 1.165) is 13.1 Å². The van der Waals surface area contributed by atoms with Gasteiger partial charge in [-0.2, -0.15) is 0 Å². The van der Waals surface area contributed by atoms with Gasteiger partial charge in [0.05, 0.1) is 22.0 Å². The predicted octanol–water partition coefficient (Wildman–Crippen LogP) is 3.11. The molecule has 0 fully saturated rings. The molecule has 1 aromatic carbocycles. The standard InChI is InChI=1S/C21H20ClF3N2O6/c1-6-7-32-18(30)20(2,3)33-17(29)11-8-14(13(23)9-12(11)22)27-16(28)10-15(21(4,24)25)26(5)19(27)31/h6,8-10H,1,7H2,2-5H3. The lowest BCUT2D eigenvalue weighted by molar-refractivity contribution is -0.161. The highest BCUT2D eigenvalue weighted by Crippen LogP contribution is 2.27. The number of hydrogen-bond acceptors (Lipinski definition) is 6. The van der Waals surface area contributed by atoms with Gasteiger partial charge in [-0.15, -0.1) is 0 Å². The lowest BCUT2D eigenvalue weighted by atomic mass is 10.1. The fourth-order valence-electron chi connectivity index (χ4n) is 2.77. The molecular weight excluding hydrogens is 469 g/mol. The second-order valence-corrected chi connectivity index (χ2v) is 7.91. The maximum absolute atomic E-state index is 14.6. The summed E-state index contributed by atoms with van der Waals surface area (Å²) in [5, 5.41) is -0.446. The van der Waals surface area contributed by atoms with Crippen LogP contribution in [0.3, 0.4) is 0 Å². The van der Waals surface area contributed by atoms with Crippen LogP contribution in [-0.2, 0) is 27.2 Å². The van der Waals surface area contributed by atoms with Crippen molar-refractivity contribution in [1.29, 1.82) is 0 Å². The average Bonchev–Trinajstić information content (AvgIpc) is 2.68. The summed E-state index contributed by atoms with van der Waals surface area (Å²) in [6.45, 7) is 6.21. The first-order valence-corrected chi connectivity index (χ1v) is 9.72. The summed E-state index contributed by atoms with van der Waals surface area (Å²) in [5.41, 5.74) is -6.43. The summed E-state index contributed by atoms with van der Waals surface area (Å²) in [6, 6.07) is 1.87. The molecule has 12 heteroatoms. The number of benzene rings is 1. The number of hydrogen-bond donors (Lipinski definition) is 0. The molecule has 0 radical (unpaired) electrons. The average molecular weight is 489 g/mol. The normalized spacial score (nSPS) is 11.8. The van der Waals surface area contributed by atoms with Crippen molar-refractivity contribution in [1.82, 2.24) is 9.13 Å². The van der Waals surface area contributed by atoms with Crippen molar-refractivity contribution in [2.45, 2.75) is 32.3 Å². The molecular formula is C21H20ClF3N2O6. The van der Waals surface area contributed by atoms with E-state index < -0.39 is 62.5 Å². The molecule has 1 heterocycles. The van der Waals surface area contributed by atoms with Crippen LogP contribution in [0.25, 0.3) is 5.69 Å². The zero-order chi connectivity index (χ0) is 25.3. The Morgan fingerprint density at radius 2 is 1.79 bits per heavy atom. The van der Waals surface area contributed by atoms with E-state index in [1.54, 1.807) is 0 Å². The summed E-state index contributed by atoms with van der Waals surface area (Å²) < 4.78 is 52.8. The van der Waals surface area contributed by atoms with E-state index in [4.69, 9.17) is 21.1 Å². The topological polar surface area (TPSA) is 96.6 Å². The van der Waals surface area contributed by atoms with Crippen LogP contribution in [0.15, 0.2) is 40.4 Å². The number of esters is 2. The third kappa shape index (κ3) is 5.36. The Morgan fingerprint density at radius 3 is 2.33 bits per heavy atom. The number of carbonyl (C=O) groups excluding carboxylic acids is 2. The van der Waals surface area contributed by atoms with Crippen molar-refractivity contribution in [3.05, 3.63) is 73.8 Å². The summed E-state index contributed by atoms with van der Waals surface area (Å²) >= 11 is 5.93. The van der Waals surface area contributed by atoms with Gasteiger partial charge in [0.25, 0.3) is 11.5 Å². The molecule has 0 N–H and O–H groups in total. The van der Waals surface area contributed by atoms with E-state index in [1.165, 1.54) is 19.9 Å². The van der Waals surface area contributed by atoms with Crippen LogP contribution in [0, 0.1) is 5.82 Å². The molecule has 0 amide bonds. The number of alkyl halides is 2. The molecule has 0 aliphatic rings. The van der Waals surface area contributed by atoms with Crippen molar-refractivity contribution in [3.63, 3.8) is 0 Å². The lowest BCUT2D eigenvalue weighted by Crippen LogP contribution is -2.41. The fourth-order valence-corrected chi connectivity index (χ4v) is 3.00. The summed E-state index contributed by atoms with van der Waals surface area (Å²) in [5.74, 6) is -6.80. The molecule has 0 unspecified atom stereocenters. The summed E-state index contributed by atoms with van der Waals surface area (Å²) in [7, 11) is 0.978. The molecule has 8 nitrogen and oxygen atoms in total. The molecule has 0 spiro atoms. The quantitative estimate of drug-likeness (QED) is 0.439. The molecule has 178 valence electrons. The molecule has 1 aromatic heterocycles. The van der Waals surface area contributed by atoms with E-state index in [0.29, 0.717) is 23.6 Å². The smallest absolute Gasteiger partial charge is 0.350 e. The molecule has 0 atom stereocenters. The van der Waals surface area contributed by atoms with Gasteiger partial charge in [-0.05, 0) is 26.0 Å². The Hall–Kier alpha value is -3.34. The third-order valence-electron chi connectivity index (χ3n) is 4.44. The maximum Gasteiger partial charge on any atom is 0.350 e.